The summed E-state index contributed by atoms with van der Waals surface area (Å²) in [5.74, 6) is 0.684. The summed E-state index contributed by atoms with van der Waals surface area (Å²) in [5, 5.41) is 14.1. The number of rotatable bonds is 4. The van der Waals surface area contributed by atoms with Gasteiger partial charge in [0.1, 0.15) is 9.34 Å². The van der Waals surface area contributed by atoms with Crippen molar-refractivity contribution in [1.82, 2.24) is 10.3 Å². The van der Waals surface area contributed by atoms with Crippen LogP contribution in [-0.4, -0.2) is 22.2 Å². The van der Waals surface area contributed by atoms with Crippen LogP contribution in [0.3, 0.4) is 0 Å². The van der Waals surface area contributed by atoms with Gasteiger partial charge in [0.25, 0.3) is 0 Å². The molecule has 0 amide bonds. The van der Waals surface area contributed by atoms with E-state index in [0.717, 1.165) is 22.2 Å². The van der Waals surface area contributed by atoms with Crippen molar-refractivity contribution in [2.24, 2.45) is 5.92 Å². The molecule has 1 aliphatic rings. The minimum Gasteiger partial charge on any atom is -0.394 e. The molecule has 1 aliphatic carbocycles. The van der Waals surface area contributed by atoms with E-state index in [9.17, 15) is 5.11 Å². The quantitative estimate of drug-likeness (QED) is 0.887. The maximum Gasteiger partial charge on any atom is 0.113 e. The minimum absolute atomic E-state index is 0.115. The van der Waals surface area contributed by atoms with Crippen molar-refractivity contribution in [3.63, 3.8) is 0 Å². The topological polar surface area (TPSA) is 45.1 Å². The number of halogens is 1. The van der Waals surface area contributed by atoms with Gasteiger partial charge >= 0.3 is 0 Å². The lowest BCUT2D eigenvalue weighted by molar-refractivity contribution is 0.0982. The molecular formula is C12H19ClN2OS. The van der Waals surface area contributed by atoms with Gasteiger partial charge in [0.2, 0.25) is 0 Å². The van der Waals surface area contributed by atoms with E-state index >= 15 is 0 Å². The first-order chi connectivity index (χ1) is 8.13. The molecule has 2 unspecified atom stereocenters. The predicted molar refractivity (Wildman–Crippen MR) is 71.4 cm³/mol. The van der Waals surface area contributed by atoms with Crippen molar-refractivity contribution in [1.29, 1.82) is 0 Å². The van der Waals surface area contributed by atoms with Gasteiger partial charge in [-0.2, -0.15) is 0 Å². The number of aliphatic hydroxyl groups is 1. The Morgan fingerprint density at radius 1 is 1.71 bits per heavy atom. The smallest absolute Gasteiger partial charge is 0.113 e. The van der Waals surface area contributed by atoms with Crippen LogP contribution in [0.4, 0.5) is 0 Å². The van der Waals surface area contributed by atoms with Crippen LogP contribution < -0.4 is 5.32 Å². The molecule has 1 aromatic rings. The molecule has 2 N–H and O–H groups in total. The first kappa shape index (κ1) is 13.3. The van der Waals surface area contributed by atoms with Crippen LogP contribution in [0, 0.1) is 5.92 Å². The average molecular weight is 275 g/mol. The third kappa shape index (κ3) is 3.41. The number of nitrogens with one attached hydrogen (secondary N) is 1. The molecule has 0 saturated heterocycles. The fraction of sp³-hybridized carbons (Fsp3) is 0.750. The summed E-state index contributed by atoms with van der Waals surface area (Å²) in [6, 6.07) is 0. The molecule has 0 bridgehead atoms. The van der Waals surface area contributed by atoms with Crippen molar-refractivity contribution in [3.8, 4) is 0 Å². The number of aromatic nitrogens is 1. The van der Waals surface area contributed by atoms with Crippen LogP contribution in [0.5, 0.6) is 0 Å². The lowest BCUT2D eigenvalue weighted by atomic mass is 9.77. The molecule has 1 heterocycles. The second-order valence-corrected chi connectivity index (χ2v) is 6.80. The van der Waals surface area contributed by atoms with Gasteiger partial charge in [-0.1, -0.05) is 31.4 Å². The second kappa shape index (κ2) is 5.65. The molecule has 0 spiro atoms. The Kier molecular flexibility index (Phi) is 4.42. The Hall–Kier alpha value is -0.160. The van der Waals surface area contributed by atoms with Gasteiger partial charge in [0.15, 0.2) is 0 Å². The van der Waals surface area contributed by atoms with Gasteiger partial charge in [-0.3, -0.25) is 0 Å². The Labute approximate surface area is 111 Å². The third-order valence-electron chi connectivity index (χ3n) is 3.53. The van der Waals surface area contributed by atoms with Gasteiger partial charge in [0.05, 0.1) is 12.8 Å². The van der Waals surface area contributed by atoms with E-state index in [1.165, 1.54) is 24.2 Å². The molecule has 0 aliphatic heterocycles. The number of aliphatic hydroxyl groups excluding tert-OH is 1. The van der Waals surface area contributed by atoms with Gasteiger partial charge in [-0.15, -0.1) is 11.3 Å². The van der Waals surface area contributed by atoms with Gasteiger partial charge in [0, 0.05) is 12.1 Å². The fourth-order valence-corrected chi connectivity index (χ4v) is 3.55. The lowest BCUT2D eigenvalue weighted by Gasteiger charge is -2.39. The molecule has 1 fully saturated rings. The van der Waals surface area contributed by atoms with E-state index in [0.29, 0.717) is 12.5 Å². The summed E-state index contributed by atoms with van der Waals surface area (Å²) in [6.07, 6.45) is 6.23. The maximum absolute atomic E-state index is 9.64. The SMILES string of the molecule is CC1CCCC(CO)(NCc2ncc(Cl)s2)C1. The Bertz CT molecular complexity index is 371. The summed E-state index contributed by atoms with van der Waals surface area (Å²) in [6.45, 7) is 3.16. The van der Waals surface area contributed by atoms with Gasteiger partial charge in [-0.05, 0) is 18.8 Å². The molecular weight excluding hydrogens is 256 g/mol. The van der Waals surface area contributed by atoms with Gasteiger partial charge < -0.3 is 10.4 Å². The van der Waals surface area contributed by atoms with Crippen LogP contribution in [0.15, 0.2) is 6.20 Å². The molecule has 2 rings (SSSR count). The third-order valence-corrected chi connectivity index (χ3v) is 4.65. The molecule has 96 valence electrons. The standard InChI is InChI=1S/C12H19ClN2OS/c1-9-3-2-4-12(5-9,8-16)15-7-11-14-6-10(13)17-11/h6,9,15-16H,2-5,7-8H2,1H3. The Balaban J connectivity index is 1.94. The van der Waals surface area contributed by atoms with E-state index < -0.39 is 0 Å². The molecule has 0 radical (unpaired) electrons. The second-order valence-electron chi connectivity index (χ2n) is 5.05. The highest BCUT2D eigenvalue weighted by molar-refractivity contribution is 7.15. The zero-order valence-corrected chi connectivity index (χ0v) is 11.7. The average Bonchev–Trinajstić information content (AvgIpc) is 2.73. The van der Waals surface area contributed by atoms with Crippen LogP contribution in [-0.2, 0) is 6.54 Å². The fourth-order valence-electron chi connectivity index (χ4n) is 2.65. The van der Waals surface area contributed by atoms with Gasteiger partial charge in [-0.25, -0.2) is 4.98 Å². The summed E-state index contributed by atoms with van der Waals surface area (Å²) in [7, 11) is 0. The Morgan fingerprint density at radius 3 is 3.12 bits per heavy atom. The number of hydrogen-bond donors (Lipinski definition) is 2. The molecule has 17 heavy (non-hydrogen) atoms. The van der Waals surface area contributed by atoms with E-state index in [-0.39, 0.29) is 12.1 Å². The number of hydrogen-bond acceptors (Lipinski definition) is 4. The van der Waals surface area contributed by atoms with Crippen LogP contribution in [0.2, 0.25) is 4.34 Å². The van der Waals surface area contributed by atoms with Crippen LogP contribution >= 0.6 is 22.9 Å². The molecule has 0 aromatic carbocycles. The first-order valence-corrected chi connectivity index (χ1v) is 7.29. The normalized spacial score (nSPS) is 29.5. The molecule has 5 heteroatoms. The molecule has 1 aromatic heterocycles. The van der Waals surface area contributed by atoms with E-state index in [1.807, 2.05) is 0 Å². The minimum atomic E-state index is -0.115. The monoisotopic (exact) mass is 274 g/mol. The Morgan fingerprint density at radius 2 is 2.53 bits per heavy atom. The molecule has 1 saturated carbocycles. The zero-order valence-electron chi connectivity index (χ0n) is 10.1. The highest BCUT2D eigenvalue weighted by Crippen LogP contribution is 2.32. The highest BCUT2D eigenvalue weighted by atomic mass is 35.5. The summed E-state index contributed by atoms with van der Waals surface area (Å²) < 4.78 is 0.719. The van der Waals surface area contributed by atoms with Crippen molar-refractivity contribution >= 4 is 22.9 Å². The highest BCUT2D eigenvalue weighted by Gasteiger charge is 2.33. The zero-order chi connectivity index (χ0) is 12.3. The summed E-state index contributed by atoms with van der Waals surface area (Å²) >= 11 is 7.35. The number of thiazole rings is 1. The van der Waals surface area contributed by atoms with E-state index in [2.05, 4.69) is 17.2 Å². The van der Waals surface area contributed by atoms with Crippen LogP contribution in [0.25, 0.3) is 0 Å². The molecule has 3 nitrogen and oxygen atoms in total. The summed E-state index contributed by atoms with van der Waals surface area (Å²) in [4.78, 5) is 4.23. The predicted octanol–water partition coefficient (Wildman–Crippen LogP) is 2.83. The first-order valence-electron chi connectivity index (χ1n) is 6.10. The van der Waals surface area contributed by atoms with E-state index in [4.69, 9.17) is 11.6 Å². The van der Waals surface area contributed by atoms with Crippen molar-refractivity contribution in [2.75, 3.05) is 6.61 Å². The number of nitrogens with zero attached hydrogens (tertiary/aromatic N) is 1. The van der Waals surface area contributed by atoms with Crippen LogP contribution in [0.1, 0.15) is 37.6 Å². The van der Waals surface area contributed by atoms with E-state index in [1.54, 1.807) is 6.20 Å². The van der Waals surface area contributed by atoms with Crippen molar-refractivity contribution < 1.29 is 5.11 Å². The van der Waals surface area contributed by atoms with Crippen molar-refractivity contribution in [2.45, 2.75) is 44.7 Å². The maximum atomic E-state index is 9.64. The molecule has 2 atom stereocenters. The summed E-state index contributed by atoms with van der Waals surface area (Å²) in [5.41, 5.74) is -0.115. The largest absolute Gasteiger partial charge is 0.394 e. The lowest BCUT2D eigenvalue weighted by Crippen LogP contribution is -2.51. The van der Waals surface area contributed by atoms with Crippen molar-refractivity contribution in [3.05, 3.63) is 15.5 Å².